The van der Waals surface area contributed by atoms with Gasteiger partial charge in [-0.05, 0) is 37.6 Å². The lowest BCUT2D eigenvalue weighted by molar-refractivity contribution is 0.208. The summed E-state index contributed by atoms with van der Waals surface area (Å²) in [6.07, 6.45) is 1.87. The fourth-order valence-corrected chi connectivity index (χ4v) is 2.01. The van der Waals surface area contributed by atoms with Crippen LogP contribution in [0.3, 0.4) is 0 Å². The Morgan fingerprint density at radius 2 is 2.12 bits per heavy atom. The van der Waals surface area contributed by atoms with Crippen LogP contribution in [-0.4, -0.2) is 29.0 Å². The van der Waals surface area contributed by atoms with Crippen molar-refractivity contribution in [1.82, 2.24) is 9.88 Å². The smallest absolute Gasteiger partial charge is 0.322 e. The first-order valence-corrected chi connectivity index (χ1v) is 7.62. The van der Waals surface area contributed by atoms with Crippen molar-refractivity contribution in [3.63, 3.8) is 0 Å². The Balaban J connectivity index is 2.16. The molecule has 1 unspecified atom stereocenters. The molecule has 1 aromatic heterocycles. The lowest BCUT2D eigenvalue weighted by Gasteiger charge is -2.23. The lowest BCUT2D eigenvalue weighted by atomic mass is 10.2. The van der Waals surface area contributed by atoms with Gasteiger partial charge in [-0.2, -0.15) is 5.26 Å². The molecule has 0 spiro atoms. The molecule has 1 heterocycles. The summed E-state index contributed by atoms with van der Waals surface area (Å²) in [7, 11) is 1.65. The van der Waals surface area contributed by atoms with Gasteiger partial charge in [0.15, 0.2) is 0 Å². The number of rotatable bonds is 5. The Morgan fingerprint density at radius 1 is 1.38 bits per heavy atom. The summed E-state index contributed by atoms with van der Waals surface area (Å²) >= 11 is 0. The Hall–Kier alpha value is -3.07. The second-order valence-corrected chi connectivity index (χ2v) is 5.48. The highest BCUT2D eigenvalue weighted by atomic mass is 16.5. The van der Waals surface area contributed by atoms with Gasteiger partial charge in [-0.15, -0.1) is 0 Å². The van der Waals surface area contributed by atoms with Gasteiger partial charge < -0.3 is 15.0 Å². The van der Waals surface area contributed by atoms with Gasteiger partial charge in [0.25, 0.3) is 0 Å². The van der Waals surface area contributed by atoms with E-state index in [-0.39, 0.29) is 18.5 Å². The number of para-hydroxylation sites is 1. The van der Waals surface area contributed by atoms with E-state index in [0.717, 1.165) is 5.56 Å². The van der Waals surface area contributed by atoms with Gasteiger partial charge in [0, 0.05) is 19.3 Å². The predicted octanol–water partition coefficient (Wildman–Crippen LogP) is 3.95. The topological polar surface area (TPSA) is 78.2 Å². The van der Waals surface area contributed by atoms with Crippen molar-refractivity contribution < 1.29 is 9.53 Å². The van der Waals surface area contributed by atoms with Crippen LogP contribution in [0.25, 0.3) is 0 Å². The van der Waals surface area contributed by atoms with Gasteiger partial charge in [-0.25, -0.2) is 9.78 Å². The molecule has 2 aromatic rings. The van der Waals surface area contributed by atoms with Crippen LogP contribution in [-0.2, 0) is 0 Å². The predicted molar refractivity (Wildman–Crippen MR) is 92.0 cm³/mol. The average Bonchev–Trinajstić information content (AvgIpc) is 2.58. The van der Waals surface area contributed by atoms with Crippen LogP contribution < -0.4 is 10.1 Å². The minimum Gasteiger partial charge on any atom is -0.437 e. The van der Waals surface area contributed by atoms with Crippen LogP contribution in [0.1, 0.15) is 18.9 Å². The maximum atomic E-state index is 12.3. The molecule has 0 saturated carbocycles. The van der Waals surface area contributed by atoms with Crippen LogP contribution in [0.2, 0.25) is 0 Å². The number of benzene rings is 1. The quantitative estimate of drug-likeness (QED) is 0.903. The average molecular weight is 324 g/mol. The number of hydrogen-bond donors (Lipinski definition) is 1. The number of carbonyl (C=O) groups is 1. The first-order chi connectivity index (χ1) is 11.5. The zero-order chi connectivity index (χ0) is 17.5. The van der Waals surface area contributed by atoms with Crippen molar-refractivity contribution in [3.8, 4) is 17.7 Å². The van der Waals surface area contributed by atoms with Gasteiger partial charge in [-0.1, -0.05) is 18.2 Å². The fraction of sp³-hybridized carbons (Fsp3) is 0.278. The molecule has 124 valence electrons. The molecule has 24 heavy (non-hydrogen) atoms. The number of hydrogen-bond acceptors (Lipinski definition) is 4. The summed E-state index contributed by atoms with van der Waals surface area (Å²) in [6, 6.07) is 12.6. The van der Waals surface area contributed by atoms with E-state index in [9.17, 15) is 4.79 Å². The molecule has 6 heteroatoms. The van der Waals surface area contributed by atoms with E-state index >= 15 is 0 Å². The minimum atomic E-state index is -0.319. The molecular weight excluding hydrogens is 304 g/mol. The van der Waals surface area contributed by atoms with E-state index in [1.807, 2.05) is 38.1 Å². The second-order valence-electron chi connectivity index (χ2n) is 5.48. The summed E-state index contributed by atoms with van der Waals surface area (Å²) in [5.74, 6) is 0.999. The van der Waals surface area contributed by atoms with Crippen molar-refractivity contribution >= 4 is 11.7 Å². The third-order valence-electron chi connectivity index (χ3n) is 3.68. The number of carbonyl (C=O) groups excluding carboxylic acids is 1. The molecule has 1 atom stereocenters. The highest BCUT2D eigenvalue weighted by Gasteiger charge is 2.17. The van der Waals surface area contributed by atoms with Crippen LogP contribution in [0.4, 0.5) is 10.5 Å². The molecule has 2 amide bonds. The van der Waals surface area contributed by atoms with Gasteiger partial charge in [0.2, 0.25) is 5.88 Å². The standard InChI is InChI=1S/C18H20N4O2/c1-13-7-4-5-9-16(13)24-17-15(8-6-12-20-17)21-18(23)22(3)14(2)10-11-19/h4-9,12,14H,10H2,1-3H3,(H,21,23). The molecule has 1 N–H and O–H groups in total. The molecule has 1 aromatic carbocycles. The summed E-state index contributed by atoms with van der Waals surface area (Å²) in [6.45, 7) is 3.75. The summed E-state index contributed by atoms with van der Waals surface area (Å²) in [5, 5.41) is 11.5. The van der Waals surface area contributed by atoms with Crippen LogP contribution in [0, 0.1) is 18.3 Å². The largest absolute Gasteiger partial charge is 0.437 e. The number of aryl methyl sites for hydroxylation is 1. The Kier molecular flexibility index (Phi) is 5.74. The molecule has 0 fully saturated rings. The number of anilines is 1. The molecular formula is C18H20N4O2. The highest BCUT2D eigenvalue weighted by Crippen LogP contribution is 2.29. The fourth-order valence-electron chi connectivity index (χ4n) is 2.01. The van der Waals surface area contributed by atoms with Gasteiger partial charge in [-0.3, -0.25) is 0 Å². The number of nitrogens with one attached hydrogen (secondary N) is 1. The zero-order valence-electron chi connectivity index (χ0n) is 14.0. The van der Waals surface area contributed by atoms with E-state index in [2.05, 4.69) is 16.4 Å². The molecule has 6 nitrogen and oxygen atoms in total. The van der Waals surface area contributed by atoms with Crippen LogP contribution in [0.15, 0.2) is 42.6 Å². The van der Waals surface area contributed by atoms with Crippen molar-refractivity contribution in [1.29, 1.82) is 5.26 Å². The molecule has 2 rings (SSSR count). The van der Waals surface area contributed by atoms with E-state index < -0.39 is 0 Å². The molecule has 0 aliphatic heterocycles. The second kappa shape index (κ2) is 7.97. The molecule has 0 radical (unpaired) electrons. The lowest BCUT2D eigenvalue weighted by Crippen LogP contribution is -2.38. The maximum Gasteiger partial charge on any atom is 0.322 e. The first-order valence-electron chi connectivity index (χ1n) is 7.62. The number of urea groups is 1. The normalized spacial score (nSPS) is 11.2. The number of ether oxygens (including phenoxy) is 1. The maximum absolute atomic E-state index is 12.3. The number of pyridine rings is 1. The summed E-state index contributed by atoms with van der Waals surface area (Å²) in [5.41, 5.74) is 1.45. The van der Waals surface area contributed by atoms with E-state index in [1.165, 1.54) is 4.90 Å². The van der Waals surface area contributed by atoms with Crippen molar-refractivity contribution in [2.24, 2.45) is 0 Å². The zero-order valence-corrected chi connectivity index (χ0v) is 14.0. The Morgan fingerprint density at radius 3 is 2.83 bits per heavy atom. The van der Waals surface area contributed by atoms with E-state index in [1.54, 1.807) is 25.4 Å². The first kappa shape index (κ1) is 17.3. The molecule has 0 bridgehead atoms. The van der Waals surface area contributed by atoms with Crippen LogP contribution >= 0.6 is 0 Å². The molecule has 0 aliphatic rings. The third kappa shape index (κ3) is 4.23. The molecule has 0 saturated heterocycles. The Bertz CT molecular complexity index is 755. The number of nitriles is 1. The minimum absolute atomic E-state index is 0.188. The van der Waals surface area contributed by atoms with Crippen molar-refractivity contribution in [3.05, 3.63) is 48.2 Å². The van der Waals surface area contributed by atoms with Crippen molar-refractivity contribution in [2.45, 2.75) is 26.3 Å². The number of nitrogens with zero attached hydrogens (tertiary/aromatic N) is 3. The summed E-state index contributed by atoms with van der Waals surface area (Å²) < 4.78 is 5.83. The van der Waals surface area contributed by atoms with Crippen molar-refractivity contribution in [2.75, 3.05) is 12.4 Å². The molecule has 0 aliphatic carbocycles. The third-order valence-corrected chi connectivity index (χ3v) is 3.68. The highest BCUT2D eigenvalue weighted by molar-refractivity contribution is 5.90. The van der Waals surface area contributed by atoms with Crippen LogP contribution in [0.5, 0.6) is 11.6 Å². The number of aromatic nitrogens is 1. The van der Waals surface area contributed by atoms with Gasteiger partial charge in [0.05, 0.1) is 12.5 Å². The SMILES string of the molecule is Cc1ccccc1Oc1ncccc1NC(=O)N(C)C(C)CC#N. The van der Waals surface area contributed by atoms with Gasteiger partial charge >= 0.3 is 6.03 Å². The van der Waals surface area contributed by atoms with E-state index in [4.69, 9.17) is 10.00 Å². The number of amides is 2. The Labute approximate surface area is 141 Å². The monoisotopic (exact) mass is 324 g/mol. The van der Waals surface area contributed by atoms with E-state index in [0.29, 0.717) is 17.3 Å². The summed E-state index contributed by atoms with van der Waals surface area (Å²) in [4.78, 5) is 18.0. The van der Waals surface area contributed by atoms with Gasteiger partial charge in [0.1, 0.15) is 11.4 Å².